The largest absolute Gasteiger partial charge is 0.489 e. The zero-order valence-corrected chi connectivity index (χ0v) is 17.5. The summed E-state index contributed by atoms with van der Waals surface area (Å²) in [4.78, 5) is 11.3. The van der Waals surface area contributed by atoms with Gasteiger partial charge in [0.15, 0.2) is 0 Å². The minimum absolute atomic E-state index is 0.250. The zero-order chi connectivity index (χ0) is 22.6. The van der Waals surface area contributed by atoms with Gasteiger partial charge < -0.3 is 9.47 Å². The summed E-state index contributed by atoms with van der Waals surface area (Å²) in [6.45, 7) is 4.04. The fourth-order valence-electron chi connectivity index (χ4n) is 3.11. The van der Waals surface area contributed by atoms with Crippen molar-refractivity contribution in [2.45, 2.75) is 39.5 Å². The monoisotopic (exact) mass is 432 g/mol. The molecule has 3 aromatic rings. The van der Waals surface area contributed by atoms with E-state index in [1.54, 1.807) is 6.20 Å². The van der Waals surface area contributed by atoms with Crippen LogP contribution in [0.5, 0.6) is 5.75 Å². The van der Waals surface area contributed by atoms with Crippen molar-refractivity contribution in [2.24, 2.45) is 0 Å². The number of aryl methyl sites for hydroxylation is 3. The Labute approximate surface area is 178 Å². The summed E-state index contributed by atoms with van der Waals surface area (Å²) in [6, 6.07) is 10.5. The van der Waals surface area contributed by atoms with Crippen molar-refractivity contribution in [2.75, 3.05) is 7.11 Å². The van der Waals surface area contributed by atoms with Crippen LogP contribution < -0.4 is 4.74 Å². The minimum atomic E-state index is -4.37. The van der Waals surface area contributed by atoms with Crippen LogP contribution in [0.3, 0.4) is 0 Å². The Morgan fingerprint density at radius 3 is 2.39 bits per heavy atom. The molecule has 2 aromatic carbocycles. The van der Waals surface area contributed by atoms with Gasteiger partial charge in [-0.05, 0) is 67.8 Å². The molecule has 0 saturated carbocycles. The summed E-state index contributed by atoms with van der Waals surface area (Å²) in [6.07, 6.45) is -1.71. The number of methoxy groups -OCH3 is 1. The predicted molar refractivity (Wildman–Crippen MR) is 109 cm³/mol. The molecule has 0 fully saturated rings. The van der Waals surface area contributed by atoms with Crippen molar-refractivity contribution in [3.8, 4) is 11.4 Å². The third-order valence-electron chi connectivity index (χ3n) is 4.99. The van der Waals surface area contributed by atoms with Crippen LogP contribution >= 0.6 is 0 Å². The minimum Gasteiger partial charge on any atom is -0.489 e. The van der Waals surface area contributed by atoms with Crippen LogP contribution in [0.4, 0.5) is 13.2 Å². The van der Waals surface area contributed by atoms with Gasteiger partial charge in [-0.15, -0.1) is 0 Å². The second-order valence-electron chi connectivity index (χ2n) is 7.18. The Morgan fingerprint density at radius 2 is 1.77 bits per heavy atom. The number of hydrogen-bond donors (Lipinski definition) is 0. The molecule has 0 N–H and O–H groups in total. The molecule has 1 aromatic heterocycles. The molecule has 0 saturated heterocycles. The molecule has 0 unspecified atom stereocenters. The van der Waals surface area contributed by atoms with E-state index >= 15 is 0 Å². The molecule has 0 spiro atoms. The summed E-state index contributed by atoms with van der Waals surface area (Å²) in [7, 11) is 1.37. The van der Waals surface area contributed by atoms with E-state index in [1.807, 2.05) is 32.0 Å². The highest BCUT2D eigenvalue weighted by Crippen LogP contribution is 2.29. The molecule has 0 aliphatic heterocycles. The van der Waals surface area contributed by atoms with Crippen molar-refractivity contribution < 1.29 is 27.4 Å². The molecule has 164 valence electrons. The first-order valence-electron chi connectivity index (χ1n) is 9.69. The van der Waals surface area contributed by atoms with Gasteiger partial charge in [-0.25, -0.2) is 4.68 Å². The summed E-state index contributed by atoms with van der Waals surface area (Å²) in [5.74, 6) is 0.432. The van der Waals surface area contributed by atoms with E-state index in [1.165, 1.54) is 23.9 Å². The first-order chi connectivity index (χ1) is 14.7. The molecule has 0 amide bonds. The first kappa shape index (κ1) is 22.4. The number of carbonyl (C=O) groups is 1. The molecule has 3 rings (SSSR count). The molecule has 8 heteroatoms. The summed E-state index contributed by atoms with van der Waals surface area (Å²) < 4.78 is 50.3. The van der Waals surface area contributed by atoms with Gasteiger partial charge in [0.2, 0.25) is 0 Å². The van der Waals surface area contributed by atoms with Crippen LogP contribution in [0.15, 0.2) is 48.7 Å². The lowest BCUT2D eigenvalue weighted by Gasteiger charge is -2.10. The maximum atomic E-state index is 12.7. The van der Waals surface area contributed by atoms with Crippen molar-refractivity contribution in [3.63, 3.8) is 0 Å². The smallest absolute Gasteiger partial charge is 0.416 e. The van der Waals surface area contributed by atoms with Gasteiger partial charge in [0.25, 0.3) is 0 Å². The van der Waals surface area contributed by atoms with E-state index < -0.39 is 11.7 Å². The molecule has 31 heavy (non-hydrogen) atoms. The molecular formula is C23H23F3N2O3. The Bertz CT molecular complexity index is 1060. The van der Waals surface area contributed by atoms with Crippen molar-refractivity contribution in [3.05, 3.63) is 76.6 Å². The maximum Gasteiger partial charge on any atom is 0.416 e. The van der Waals surface area contributed by atoms with Crippen LogP contribution in [0, 0.1) is 13.8 Å². The predicted octanol–water partition coefficient (Wildman–Crippen LogP) is 5.19. The summed E-state index contributed by atoms with van der Waals surface area (Å²) in [5.41, 5.74) is 3.45. The zero-order valence-electron chi connectivity index (χ0n) is 17.5. The number of hydrogen-bond acceptors (Lipinski definition) is 4. The number of benzene rings is 2. The number of halogens is 3. The fraction of sp³-hybridized carbons (Fsp3) is 0.304. The Kier molecular flexibility index (Phi) is 6.68. The number of alkyl halides is 3. The van der Waals surface area contributed by atoms with Gasteiger partial charge in [-0.3, -0.25) is 4.79 Å². The number of carbonyl (C=O) groups excluding carboxylic acids is 1. The van der Waals surface area contributed by atoms with Gasteiger partial charge in [0.1, 0.15) is 12.4 Å². The van der Waals surface area contributed by atoms with Crippen LogP contribution in [0.1, 0.15) is 34.4 Å². The van der Waals surface area contributed by atoms with Gasteiger partial charge in [0.05, 0.1) is 24.1 Å². The Morgan fingerprint density at radius 1 is 1.06 bits per heavy atom. The van der Waals surface area contributed by atoms with Crippen LogP contribution in [-0.4, -0.2) is 22.9 Å². The standard InChI is InChI=1S/C23H23F3N2O3/c1-15-12-21(10-4-17(15)5-11-22(29)30-3)31-14-18-13-28(27-16(18)2)20-8-6-19(7-9-20)23(24,25)26/h4,6-10,12-13H,5,11,14H2,1-3H3. The highest BCUT2D eigenvalue weighted by molar-refractivity contribution is 5.69. The number of esters is 1. The van der Waals surface area contributed by atoms with Crippen molar-refractivity contribution in [1.82, 2.24) is 9.78 Å². The number of nitrogens with zero attached hydrogens (tertiary/aromatic N) is 2. The topological polar surface area (TPSA) is 53.4 Å². The van der Waals surface area contributed by atoms with E-state index in [0.717, 1.165) is 34.5 Å². The number of aromatic nitrogens is 2. The molecular weight excluding hydrogens is 409 g/mol. The molecule has 0 aliphatic rings. The van der Waals surface area contributed by atoms with Gasteiger partial charge in [0, 0.05) is 18.2 Å². The second-order valence-corrected chi connectivity index (χ2v) is 7.18. The van der Waals surface area contributed by atoms with Crippen molar-refractivity contribution >= 4 is 5.97 Å². The summed E-state index contributed by atoms with van der Waals surface area (Å²) in [5, 5.41) is 4.38. The average Bonchev–Trinajstić information content (AvgIpc) is 3.11. The molecule has 0 bridgehead atoms. The van der Waals surface area contributed by atoms with Crippen LogP contribution in [0.2, 0.25) is 0 Å². The molecule has 0 aliphatic carbocycles. The lowest BCUT2D eigenvalue weighted by Crippen LogP contribution is -2.05. The van der Waals surface area contributed by atoms with Gasteiger partial charge >= 0.3 is 12.1 Å². The Hall–Kier alpha value is -3.29. The van der Waals surface area contributed by atoms with Gasteiger partial charge in [-0.2, -0.15) is 18.3 Å². The third-order valence-corrected chi connectivity index (χ3v) is 4.99. The highest BCUT2D eigenvalue weighted by Gasteiger charge is 2.30. The summed E-state index contributed by atoms with van der Waals surface area (Å²) >= 11 is 0. The lowest BCUT2D eigenvalue weighted by molar-refractivity contribution is -0.140. The molecule has 1 heterocycles. The highest BCUT2D eigenvalue weighted by atomic mass is 19.4. The fourth-order valence-corrected chi connectivity index (χ4v) is 3.11. The molecule has 5 nitrogen and oxygen atoms in total. The molecule has 0 atom stereocenters. The van der Waals surface area contributed by atoms with E-state index in [9.17, 15) is 18.0 Å². The first-order valence-corrected chi connectivity index (χ1v) is 9.69. The van der Waals surface area contributed by atoms with Crippen molar-refractivity contribution in [1.29, 1.82) is 0 Å². The normalized spacial score (nSPS) is 11.4. The maximum absolute atomic E-state index is 12.7. The van der Waals surface area contributed by atoms with Gasteiger partial charge in [-0.1, -0.05) is 6.07 Å². The van der Waals surface area contributed by atoms with E-state index in [2.05, 4.69) is 9.84 Å². The van der Waals surface area contributed by atoms with E-state index in [4.69, 9.17) is 4.74 Å². The van der Waals surface area contributed by atoms with E-state index in [-0.39, 0.29) is 12.6 Å². The lowest BCUT2D eigenvalue weighted by atomic mass is 10.0. The number of ether oxygens (including phenoxy) is 2. The second kappa shape index (κ2) is 9.24. The number of rotatable bonds is 7. The molecule has 0 radical (unpaired) electrons. The van der Waals surface area contributed by atoms with E-state index in [0.29, 0.717) is 24.3 Å². The average molecular weight is 432 g/mol. The quantitative estimate of drug-likeness (QED) is 0.482. The van der Waals surface area contributed by atoms with Crippen LogP contribution in [-0.2, 0) is 28.7 Å². The SMILES string of the molecule is COC(=O)CCc1ccc(OCc2cn(-c3ccc(C(F)(F)F)cc3)nc2C)cc1C. The Balaban J connectivity index is 1.66. The third kappa shape index (κ3) is 5.65. The van der Waals surface area contributed by atoms with Crippen LogP contribution in [0.25, 0.3) is 5.69 Å².